The van der Waals surface area contributed by atoms with Crippen LogP contribution < -0.4 is 0 Å². The summed E-state index contributed by atoms with van der Waals surface area (Å²) in [6.45, 7) is 4.76. The van der Waals surface area contributed by atoms with E-state index in [0.717, 1.165) is 0 Å². The molecule has 0 saturated carbocycles. The van der Waals surface area contributed by atoms with Crippen molar-refractivity contribution in [2.45, 2.75) is 19.3 Å². The van der Waals surface area contributed by atoms with Crippen molar-refractivity contribution in [3.05, 3.63) is 205 Å². The minimum Gasteiger partial charge on any atom is -0.0622 e. The zero-order valence-electron chi connectivity index (χ0n) is 31.0. The molecular weight excluding hydrogens is 661 g/mol. The van der Waals surface area contributed by atoms with E-state index in [4.69, 9.17) is 0 Å². The van der Waals surface area contributed by atoms with Gasteiger partial charge in [-0.1, -0.05) is 196 Å². The van der Waals surface area contributed by atoms with Crippen molar-refractivity contribution in [3.63, 3.8) is 0 Å². The summed E-state index contributed by atoms with van der Waals surface area (Å²) >= 11 is 0. The lowest BCUT2D eigenvalue weighted by Gasteiger charge is -2.22. The molecule has 0 aliphatic heterocycles. The fourth-order valence-corrected chi connectivity index (χ4v) is 9.65. The van der Waals surface area contributed by atoms with Crippen LogP contribution in [0, 0.1) is 0 Å². The Labute approximate surface area is 322 Å². The van der Waals surface area contributed by atoms with Gasteiger partial charge in [0.1, 0.15) is 0 Å². The van der Waals surface area contributed by atoms with Gasteiger partial charge in [-0.3, -0.25) is 0 Å². The van der Waals surface area contributed by atoms with E-state index in [1.165, 1.54) is 110 Å². The van der Waals surface area contributed by atoms with Gasteiger partial charge in [0.05, 0.1) is 0 Å². The number of rotatable bonds is 4. The fraction of sp³-hybridized carbons (Fsp3) is 0.0545. The van der Waals surface area contributed by atoms with Crippen LogP contribution in [0.15, 0.2) is 194 Å². The molecule has 0 heteroatoms. The maximum absolute atomic E-state index is 2.45. The Morgan fingerprint density at radius 2 is 0.873 bits per heavy atom. The van der Waals surface area contributed by atoms with Crippen LogP contribution in [0.1, 0.15) is 25.0 Å². The van der Waals surface area contributed by atoms with Gasteiger partial charge in [-0.15, -0.1) is 0 Å². The molecule has 0 amide bonds. The first-order valence-corrected chi connectivity index (χ1v) is 19.4. The van der Waals surface area contributed by atoms with Gasteiger partial charge in [0, 0.05) is 5.41 Å². The molecule has 55 heavy (non-hydrogen) atoms. The van der Waals surface area contributed by atoms with Crippen LogP contribution in [0.2, 0.25) is 0 Å². The lowest BCUT2D eigenvalue weighted by molar-refractivity contribution is 0.661. The summed E-state index contributed by atoms with van der Waals surface area (Å²) in [4.78, 5) is 0. The van der Waals surface area contributed by atoms with Gasteiger partial charge in [-0.2, -0.15) is 0 Å². The minimum atomic E-state index is -0.0916. The van der Waals surface area contributed by atoms with Crippen molar-refractivity contribution in [2.75, 3.05) is 0 Å². The predicted molar refractivity (Wildman–Crippen MR) is 236 cm³/mol. The maximum atomic E-state index is 2.45. The molecule has 0 atom stereocenters. The van der Waals surface area contributed by atoms with Gasteiger partial charge in [0.15, 0.2) is 0 Å². The van der Waals surface area contributed by atoms with Crippen LogP contribution in [0.5, 0.6) is 0 Å². The zero-order valence-corrected chi connectivity index (χ0v) is 31.0. The third-order valence-electron chi connectivity index (χ3n) is 12.2. The Bertz CT molecular complexity index is 3160. The van der Waals surface area contributed by atoms with Crippen LogP contribution in [0.25, 0.3) is 98.7 Å². The highest BCUT2D eigenvalue weighted by Gasteiger charge is 2.36. The third kappa shape index (κ3) is 4.78. The van der Waals surface area contributed by atoms with E-state index in [1.54, 1.807) is 0 Å². The SMILES string of the molecule is CC1(C)c2cc(-c3cccc(-c4ccccc4-c4c5ccccc5c(-c5ccccc5)c5ccc6ccccc6c45)c3)ccc2-c2c1ccc1ccccc21. The van der Waals surface area contributed by atoms with Gasteiger partial charge in [-0.25, -0.2) is 0 Å². The molecule has 0 N–H and O–H groups in total. The van der Waals surface area contributed by atoms with Gasteiger partial charge < -0.3 is 0 Å². The largest absolute Gasteiger partial charge is 0.0622 e. The number of benzene rings is 10. The Kier molecular flexibility index (Phi) is 7.00. The summed E-state index contributed by atoms with van der Waals surface area (Å²) in [7, 11) is 0. The normalized spacial score (nSPS) is 13.1. The van der Waals surface area contributed by atoms with E-state index in [2.05, 4.69) is 208 Å². The Hall–Kier alpha value is -6.76. The molecule has 10 aromatic rings. The van der Waals surface area contributed by atoms with Crippen LogP contribution in [0.4, 0.5) is 0 Å². The van der Waals surface area contributed by atoms with Gasteiger partial charge in [0.2, 0.25) is 0 Å². The summed E-state index contributed by atoms with van der Waals surface area (Å²) in [5.41, 5.74) is 15.4. The van der Waals surface area contributed by atoms with Gasteiger partial charge in [-0.05, 0) is 122 Å². The van der Waals surface area contributed by atoms with Crippen LogP contribution in [-0.2, 0) is 5.41 Å². The molecule has 0 radical (unpaired) electrons. The van der Waals surface area contributed by atoms with Gasteiger partial charge >= 0.3 is 0 Å². The van der Waals surface area contributed by atoms with Crippen molar-refractivity contribution in [1.82, 2.24) is 0 Å². The summed E-state index contributed by atoms with van der Waals surface area (Å²) in [6.07, 6.45) is 0. The van der Waals surface area contributed by atoms with Crippen LogP contribution in [-0.4, -0.2) is 0 Å². The maximum Gasteiger partial charge on any atom is 0.0159 e. The summed E-state index contributed by atoms with van der Waals surface area (Å²) < 4.78 is 0. The first-order chi connectivity index (χ1) is 27.1. The molecule has 0 bridgehead atoms. The van der Waals surface area contributed by atoms with Crippen molar-refractivity contribution in [2.24, 2.45) is 0 Å². The van der Waals surface area contributed by atoms with E-state index in [0.29, 0.717) is 0 Å². The Morgan fingerprint density at radius 1 is 0.291 bits per heavy atom. The van der Waals surface area contributed by atoms with Gasteiger partial charge in [0.25, 0.3) is 0 Å². The van der Waals surface area contributed by atoms with Crippen LogP contribution in [0.3, 0.4) is 0 Å². The summed E-state index contributed by atoms with van der Waals surface area (Å²) in [5, 5.41) is 10.3. The molecule has 258 valence electrons. The monoisotopic (exact) mass is 698 g/mol. The molecule has 11 rings (SSSR count). The fourth-order valence-electron chi connectivity index (χ4n) is 9.65. The average molecular weight is 699 g/mol. The van der Waals surface area contributed by atoms with E-state index in [1.807, 2.05) is 0 Å². The summed E-state index contributed by atoms with van der Waals surface area (Å²) in [5.74, 6) is 0. The Balaban J connectivity index is 1.12. The molecule has 0 heterocycles. The zero-order chi connectivity index (χ0) is 36.7. The average Bonchev–Trinajstić information content (AvgIpc) is 3.48. The van der Waals surface area contributed by atoms with E-state index in [-0.39, 0.29) is 5.41 Å². The first-order valence-electron chi connectivity index (χ1n) is 19.4. The van der Waals surface area contributed by atoms with E-state index in [9.17, 15) is 0 Å². The molecule has 1 aliphatic rings. The highest BCUT2D eigenvalue weighted by molar-refractivity contribution is 6.28. The standard InChI is InChI=1S/C55H38/c1-55(2)49-32-29-36-16-6-8-22-42(36)52(49)47-30-28-39(34-50(47)55)38-19-14-20-40(33-38)41-21-10-11-24-44(41)54-46-26-13-12-25-45(46)51(37-17-4-3-5-18-37)48-31-27-35-15-7-9-23-43(35)53(48)54/h3-34H,1-2H3. The van der Waals surface area contributed by atoms with Crippen molar-refractivity contribution < 1.29 is 0 Å². The molecule has 1 aliphatic carbocycles. The highest BCUT2D eigenvalue weighted by atomic mass is 14.4. The van der Waals surface area contributed by atoms with E-state index >= 15 is 0 Å². The number of fused-ring (bicyclic) bond motifs is 9. The smallest absolute Gasteiger partial charge is 0.0159 e. The predicted octanol–water partition coefficient (Wildman–Crippen LogP) is 15.3. The second kappa shape index (κ2) is 12.1. The van der Waals surface area contributed by atoms with Crippen molar-refractivity contribution in [3.8, 4) is 55.6 Å². The molecule has 10 aromatic carbocycles. The topological polar surface area (TPSA) is 0 Å². The molecule has 0 aromatic heterocycles. The molecule has 0 fully saturated rings. The van der Waals surface area contributed by atoms with Crippen molar-refractivity contribution in [1.29, 1.82) is 0 Å². The Morgan fingerprint density at radius 3 is 1.67 bits per heavy atom. The minimum absolute atomic E-state index is 0.0916. The second-order valence-electron chi connectivity index (χ2n) is 15.6. The molecule has 0 nitrogen and oxygen atoms in total. The highest BCUT2D eigenvalue weighted by Crippen LogP contribution is 2.53. The quantitative estimate of drug-likeness (QED) is 0.127. The molecule has 0 spiro atoms. The lowest BCUT2D eigenvalue weighted by atomic mass is 9.81. The van der Waals surface area contributed by atoms with E-state index < -0.39 is 0 Å². The first kappa shape index (κ1) is 31.7. The third-order valence-corrected chi connectivity index (χ3v) is 12.2. The van der Waals surface area contributed by atoms with Crippen molar-refractivity contribution >= 4 is 43.1 Å². The number of hydrogen-bond acceptors (Lipinski definition) is 0. The van der Waals surface area contributed by atoms with Crippen LogP contribution >= 0.6 is 0 Å². The lowest BCUT2D eigenvalue weighted by Crippen LogP contribution is -2.15. The second-order valence-corrected chi connectivity index (χ2v) is 15.6. The molecule has 0 unspecified atom stereocenters. The summed E-state index contributed by atoms with van der Waals surface area (Å²) in [6, 6.07) is 72.1. The number of hydrogen-bond donors (Lipinski definition) is 0. The molecule has 0 saturated heterocycles. The molecular formula is C55H38.